The van der Waals surface area contributed by atoms with Crippen LogP contribution in [0.25, 0.3) is 16.7 Å². The zero-order valence-electron chi connectivity index (χ0n) is 13.2. The Bertz CT molecular complexity index is 879. The Labute approximate surface area is 128 Å². The molecule has 0 atom stereocenters. The summed E-state index contributed by atoms with van der Waals surface area (Å²) in [4.78, 5) is 21.7. The number of fused-ring (bicyclic) bond motifs is 3. The molecule has 0 radical (unpaired) electrons. The summed E-state index contributed by atoms with van der Waals surface area (Å²) in [5.74, 6) is 1.40. The Kier molecular flexibility index (Phi) is 3.83. The van der Waals surface area contributed by atoms with E-state index in [1.54, 1.807) is 23.9 Å². The van der Waals surface area contributed by atoms with Crippen molar-refractivity contribution in [1.29, 1.82) is 0 Å². The molecular weight excluding hydrogens is 280 g/mol. The van der Waals surface area contributed by atoms with Gasteiger partial charge in [0.1, 0.15) is 11.3 Å². The van der Waals surface area contributed by atoms with Gasteiger partial charge in [0, 0.05) is 19.0 Å². The van der Waals surface area contributed by atoms with E-state index in [4.69, 9.17) is 4.74 Å². The fourth-order valence-corrected chi connectivity index (χ4v) is 2.78. The van der Waals surface area contributed by atoms with E-state index in [0.29, 0.717) is 17.9 Å². The van der Waals surface area contributed by atoms with Gasteiger partial charge >= 0.3 is 0 Å². The molecule has 3 aromatic rings. The molecule has 0 amide bonds. The van der Waals surface area contributed by atoms with Crippen LogP contribution < -0.4 is 10.3 Å². The molecule has 3 rings (SSSR count). The van der Waals surface area contributed by atoms with Crippen LogP contribution in [-0.4, -0.2) is 26.0 Å². The summed E-state index contributed by atoms with van der Waals surface area (Å²) in [6.07, 6.45) is 4.30. The third kappa shape index (κ3) is 2.15. The van der Waals surface area contributed by atoms with Crippen molar-refractivity contribution in [3.8, 4) is 5.88 Å². The van der Waals surface area contributed by atoms with E-state index in [-0.39, 0.29) is 5.56 Å². The molecule has 0 fully saturated rings. The zero-order chi connectivity index (χ0) is 15.7. The van der Waals surface area contributed by atoms with Crippen LogP contribution in [-0.2, 0) is 13.0 Å². The molecule has 0 N–H and O–H groups in total. The van der Waals surface area contributed by atoms with Crippen LogP contribution in [0.4, 0.5) is 0 Å². The highest BCUT2D eigenvalue weighted by molar-refractivity contribution is 5.76. The second-order valence-corrected chi connectivity index (χ2v) is 5.30. The minimum Gasteiger partial charge on any atom is -0.481 e. The summed E-state index contributed by atoms with van der Waals surface area (Å²) in [6.45, 7) is 4.81. The number of aryl methyl sites for hydroxylation is 2. The molecule has 22 heavy (non-hydrogen) atoms. The Morgan fingerprint density at radius 3 is 2.68 bits per heavy atom. The van der Waals surface area contributed by atoms with E-state index in [1.165, 1.54) is 0 Å². The van der Waals surface area contributed by atoms with Crippen molar-refractivity contribution < 1.29 is 4.74 Å². The van der Waals surface area contributed by atoms with E-state index in [0.717, 1.165) is 36.3 Å². The lowest BCUT2D eigenvalue weighted by atomic mass is 10.3. The number of methoxy groups -OCH3 is 1. The van der Waals surface area contributed by atoms with Gasteiger partial charge in [-0.3, -0.25) is 9.20 Å². The summed E-state index contributed by atoms with van der Waals surface area (Å²) in [5.41, 5.74) is 2.10. The van der Waals surface area contributed by atoms with Crippen molar-refractivity contribution in [2.45, 2.75) is 39.7 Å². The fraction of sp³-hybridized carbons (Fsp3) is 0.438. The third-order valence-electron chi connectivity index (χ3n) is 3.76. The zero-order valence-corrected chi connectivity index (χ0v) is 13.2. The number of pyridine rings is 1. The Morgan fingerprint density at radius 1 is 1.18 bits per heavy atom. The lowest BCUT2D eigenvalue weighted by Gasteiger charge is -2.12. The Balaban J connectivity index is 2.47. The van der Waals surface area contributed by atoms with Gasteiger partial charge in [0.25, 0.3) is 5.56 Å². The second kappa shape index (κ2) is 5.79. The first-order valence-corrected chi connectivity index (χ1v) is 7.65. The number of hydrogen-bond acceptors (Lipinski definition) is 4. The molecule has 0 aliphatic rings. The van der Waals surface area contributed by atoms with Crippen molar-refractivity contribution in [3.63, 3.8) is 0 Å². The molecule has 6 nitrogen and oxygen atoms in total. The number of nitrogens with zero attached hydrogens (tertiary/aromatic N) is 4. The van der Waals surface area contributed by atoms with Gasteiger partial charge in [0.05, 0.1) is 18.8 Å². The van der Waals surface area contributed by atoms with Gasteiger partial charge < -0.3 is 9.30 Å². The summed E-state index contributed by atoms with van der Waals surface area (Å²) in [7, 11) is 1.59. The molecule has 0 unspecified atom stereocenters. The van der Waals surface area contributed by atoms with Crippen LogP contribution in [0.15, 0.2) is 23.1 Å². The van der Waals surface area contributed by atoms with Crippen LogP contribution in [0.2, 0.25) is 0 Å². The largest absolute Gasteiger partial charge is 0.481 e. The van der Waals surface area contributed by atoms with Crippen molar-refractivity contribution in [1.82, 2.24) is 18.9 Å². The molecule has 116 valence electrons. The van der Waals surface area contributed by atoms with Crippen LogP contribution >= 0.6 is 0 Å². The highest BCUT2D eigenvalue weighted by Crippen LogP contribution is 2.19. The summed E-state index contributed by atoms with van der Waals surface area (Å²) in [6, 6.07) is 3.68. The maximum absolute atomic E-state index is 12.7. The van der Waals surface area contributed by atoms with Gasteiger partial charge in [-0.1, -0.05) is 13.8 Å². The van der Waals surface area contributed by atoms with E-state index in [2.05, 4.69) is 23.8 Å². The molecule has 3 heterocycles. The first-order chi connectivity index (χ1) is 10.7. The van der Waals surface area contributed by atoms with Gasteiger partial charge in [-0.25, -0.2) is 4.98 Å². The smallest absolute Gasteiger partial charge is 0.277 e. The van der Waals surface area contributed by atoms with Crippen molar-refractivity contribution in [2.24, 2.45) is 0 Å². The minimum atomic E-state index is -0.0174. The molecule has 0 saturated carbocycles. The summed E-state index contributed by atoms with van der Waals surface area (Å²) < 4.78 is 8.89. The average molecular weight is 300 g/mol. The standard InChI is InChI=1S/C16H20N4O2/c1-4-6-13-17-10-12-16(21)19(9-5-2)11-7-8-14(22-3)18-15(11)20(12)13/h7-8,10H,4-6,9H2,1-3H3. The van der Waals surface area contributed by atoms with Crippen molar-refractivity contribution in [2.75, 3.05) is 7.11 Å². The van der Waals surface area contributed by atoms with Crippen LogP contribution in [0.1, 0.15) is 32.5 Å². The normalized spacial score (nSPS) is 11.4. The van der Waals surface area contributed by atoms with Crippen LogP contribution in [0.3, 0.4) is 0 Å². The molecule has 6 heteroatoms. The Morgan fingerprint density at radius 2 is 2.00 bits per heavy atom. The fourth-order valence-electron chi connectivity index (χ4n) is 2.78. The first-order valence-electron chi connectivity index (χ1n) is 7.65. The highest BCUT2D eigenvalue weighted by atomic mass is 16.5. The highest BCUT2D eigenvalue weighted by Gasteiger charge is 2.15. The Hall–Kier alpha value is -2.37. The molecule has 0 aromatic carbocycles. The molecule has 0 aliphatic heterocycles. The monoisotopic (exact) mass is 300 g/mol. The maximum atomic E-state index is 12.7. The van der Waals surface area contributed by atoms with E-state index in [9.17, 15) is 4.79 Å². The number of aromatic nitrogens is 4. The molecule has 0 bridgehead atoms. The topological polar surface area (TPSA) is 61.4 Å². The predicted molar refractivity (Wildman–Crippen MR) is 85.6 cm³/mol. The second-order valence-electron chi connectivity index (χ2n) is 5.30. The quantitative estimate of drug-likeness (QED) is 0.726. The van der Waals surface area contributed by atoms with Gasteiger partial charge in [-0.05, 0) is 18.9 Å². The number of hydrogen-bond donors (Lipinski definition) is 0. The van der Waals surface area contributed by atoms with Crippen LogP contribution in [0, 0.1) is 0 Å². The van der Waals surface area contributed by atoms with Crippen LogP contribution in [0.5, 0.6) is 5.88 Å². The van der Waals surface area contributed by atoms with E-state index >= 15 is 0 Å². The maximum Gasteiger partial charge on any atom is 0.277 e. The number of rotatable bonds is 5. The molecule has 0 saturated heterocycles. The third-order valence-corrected chi connectivity index (χ3v) is 3.76. The number of imidazole rings is 1. The molecule has 0 spiro atoms. The number of ether oxygens (including phenoxy) is 1. The van der Waals surface area contributed by atoms with E-state index in [1.807, 2.05) is 10.5 Å². The van der Waals surface area contributed by atoms with Gasteiger partial charge in [0.2, 0.25) is 5.88 Å². The van der Waals surface area contributed by atoms with Gasteiger partial charge in [-0.15, -0.1) is 0 Å². The SMILES string of the molecule is CCCc1ncc2c(=O)n(CCC)c3ccc(OC)nc3n12. The predicted octanol–water partition coefficient (Wildman–Crippen LogP) is 2.42. The molecular formula is C16H20N4O2. The average Bonchev–Trinajstić information content (AvgIpc) is 2.95. The molecule has 3 aromatic heterocycles. The first kappa shape index (κ1) is 14.6. The lowest BCUT2D eigenvalue weighted by Crippen LogP contribution is -2.23. The van der Waals surface area contributed by atoms with Crippen molar-refractivity contribution in [3.05, 3.63) is 34.5 Å². The van der Waals surface area contributed by atoms with E-state index < -0.39 is 0 Å². The molecule has 0 aliphatic carbocycles. The summed E-state index contributed by atoms with van der Waals surface area (Å²) in [5, 5.41) is 0. The van der Waals surface area contributed by atoms with Gasteiger partial charge in [0.15, 0.2) is 5.65 Å². The summed E-state index contributed by atoms with van der Waals surface area (Å²) >= 11 is 0. The van der Waals surface area contributed by atoms with Gasteiger partial charge in [-0.2, -0.15) is 4.98 Å². The minimum absolute atomic E-state index is 0.0174. The van der Waals surface area contributed by atoms with Crippen molar-refractivity contribution >= 4 is 16.7 Å². The lowest BCUT2D eigenvalue weighted by molar-refractivity contribution is 0.399.